The lowest BCUT2D eigenvalue weighted by Crippen LogP contribution is -2.49. The number of allylic oxidation sites excluding steroid dienone is 2. The molecule has 38 heavy (non-hydrogen) atoms. The Kier molecular flexibility index (Phi) is 7.60. The molecule has 4 aliphatic carbocycles. The second kappa shape index (κ2) is 10.8. The van der Waals surface area contributed by atoms with E-state index in [0.29, 0.717) is 36.3 Å². The quantitative estimate of drug-likeness (QED) is 0.306. The molecule has 2 N–H and O–H groups in total. The summed E-state index contributed by atoms with van der Waals surface area (Å²) in [7, 11) is 3.61. The summed E-state index contributed by atoms with van der Waals surface area (Å²) in [4.78, 5) is 24.8. The molecule has 1 aromatic rings. The third kappa shape index (κ3) is 4.43. The first-order chi connectivity index (χ1) is 18.4. The van der Waals surface area contributed by atoms with Crippen molar-refractivity contribution in [3.8, 4) is 0 Å². The van der Waals surface area contributed by atoms with Crippen molar-refractivity contribution in [3.05, 3.63) is 58.2 Å². The van der Waals surface area contributed by atoms with Gasteiger partial charge in [-0.25, -0.2) is 0 Å². The molecule has 7 heteroatoms. The Balaban J connectivity index is 1.61. The number of carbonyl (C=O) groups excluding carboxylic acids is 2. The lowest BCUT2D eigenvalue weighted by atomic mass is 9.51. The van der Waals surface area contributed by atoms with Crippen molar-refractivity contribution >= 4 is 17.4 Å². The number of ether oxygens (including phenoxy) is 2. The zero-order valence-electron chi connectivity index (χ0n) is 23.0. The molecule has 6 atom stereocenters. The number of ketones is 1. The number of hydrogen-bond donors (Lipinski definition) is 2. The van der Waals surface area contributed by atoms with Crippen LogP contribution in [0.1, 0.15) is 69.4 Å². The van der Waals surface area contributed by atoms with Crippen LogP contribution in [0.2, 0.25) is 0 Å². The van der Waals surface area contributed by atoms with Gasteiger partial charge in [-0.3, -0.25) is 9.59 Å². The summed E-state index contributed by atoms with van der Waals surface area (Å²) in [5.74, 6) is 1.29. The van der Waals surface area contributed by atoms with Crippen molar-refractivity contribution in [2.45, 2.75) is 64.4 Å². The maximum absolute atomic E-state index is 12.4. The highest BCUT2D eigenvalue weighted by Gasteiger charge is 2.58. The van der Waals surface area contributed by atoms with E-state index < -0.39 is 5.91 Å². The lowest BCUT2D eigenvalue weighted by molar-refractivity contribution is -0.115. The third-order valence-corrected chi connectivity index (χ3v) is 9.84. The van der Waals surface area contributed by atoms with Crippen molar-refractivity contribution in [1.82, 2.24) is 5.32 Å². The van der Waals surface area contributed by atoms with E-state index in [1.54, 1.807) is 7.11 Å². The molecule has 0 aliphatic heterocycles. The normalized spacial score (nSPS) is 32.8. The molecule has 0 aromatic heterocycles. The smallest absolute Gasteiger partial charge is 0.273 e. The van der Waals surface area contributed by atoms with Gasteiger partial charge in [-0.2, -0.15) is 0 Å². The molecule has 1 aromatic carbocycles. The van der Waals surface area contributed by atoms with Crippen LogP contribution in [0, 0.1) is 23.2 Å². The number of methoxy groups -OCH3 is 2. The van der Waals surface area contributed by atoms with Crippen LogP contribution in [0.4, 0.5) is 0 Å². The first-order valence-electron chi connectivity index (χ1n) is 13.9. The average molecular weight is 521 g/mol. The number of carbonyl (C=O) groups is 2. The van der Waals surface area contributed by atoms with Gasteiger partial charge in [-0.1, -0.05) is 41.9 Å². The Morgan fingerprint density at radius 1 is 1.18 bits per heavy atom. The molecular formula is C31H40N2O5. The van der Waals surface area contributed by atoms with Crippen LogP contribution in [0.25, 0.3) is 0 Å². The van der Waals surface area contributed by atoms with E-state index in [4.69, 9.17) is 9.47 Å². The van der Waals surface area contributed by atoms with Crippen LogP contribution < -0.4 is 5.32 Å². The molecule has 204 valence electrons. The molecular weight excluding hydrogens is 480 g/mol. The molecule has 0 bridgehead atoms. The zero-order valence-corrected chi connectivity index (χ0v) is 23.0. The van der Waals surface area contributed by atoms with Crippen LogP contribution in [0.3, 0.4) is 0 Å². The SMILES string of the molecule is CCNC(=O)C(=NO)c1ccc([C@H]2C[C@]3(C)[C@H](COC)CC[C@H]3[C@H]3C2=C2CCC(=O)C=C2C[C@@H]3OC)cc1. The van der Waals surface area contributed by atoms with Gasteiger partial charge in [-0.15, -0.1) is 0 Å². The standard InChI is InChI=1S/C31H40N2O5/c1-5-32-30(35)29(33-36)19-8-6-18(7-9-19)24-16-31(2)21(17-37-3)10-13-25(31)28-26(38-4)15-20-14-22(34)11-12-23(20)27(24)28/h6-9,14,21,24-26,28,36H,5,10-13,15-17H2,1-4H3,(H,32,35)/t21-,24+,25-,26-,28+,31+/m0/s1. The largest absolute Gasteiger partial charge is 0.410 e. The van der Waals surface area contributed by atoms with Gasteiger partial charge in [0, 0.05) is 51.2 Å². The van der Waals surface area contributed by atoms with Crippen LogP contribution in [0.15, 0.2) is 52.2 Å². The van der Waals surface area contributed by atoms with Gasteiger partial charge >= 0.3 is 0 Å². The molecule has 0 unspecified atom stereocenters. The summed E-state index contributed by atoms with van der Waals surface area (Å²) in [6.07, 6.45) is 7.39. The van der Waals surface area contributed by atoms with Crippen molar-refractivity contribution in [2.24, 2.45) is 28.3 Å². The highest BCUT2D eigenvalue weighted by Crippen LogP contribution is 2.65. The number of nitrogens with one attached hydrogen (secondary N) is 1. The number of oxime groups is 1. The van der Waals surface area contributed by atoms with Crippen LogP contribution in [0.5, 0.6) is 0 Å². The first kappa shape index (κ1) is 26.8. The molecule has 1 amide bonds. The number of hydrogen-bond acceptors (Lipinski definition) is 6. The summed E-state index contributed by atoms with van der Waals surface area (Å²) in [6.45, 7) is 5.50. The predicted octanol–water partition coefficient (Wildman–Crippen LogP) is 4.79. The van der Waals surface area contributed by atoms with Crippen molar-refractivity contribution in [2.75, 3.05) is 27.4 Å². The zero-order chi connectivity index (χ0) is 27.0. The van der Waals surface area contributed by atoms with Gasteiger partial charge in [0.25, 0.3) is 5.91 Å². The topological polar surface area (TPSA) is 97.2 Å². The Morgan fingerprint density at radius 3 is 2.61 bits per heavy atom. The van der Waals surface area contributed by atoms with Gasteiger partial charge in [0.1, 0.15) is 0 Å². The molecule has 0 saturated heterocycles. The minimum atomic E-state index is -0.397. The molecule has 0 heterocycles. The van der Waals surface area contributed by atoms with E-state index >= 15 is 0 Å². The summed E-state index contributed by atoms with van der Waals surface area (Å²) in [5, 5.41) is 15.5. The van der Waals surface area contributed by atoms with Gasteiger partial charge in [0.05, 0.1) is 6.10 Å². The predicted molar refractivity (Wildman–Crippen MR) is 145 cm³/mol. The lowest BCUT2D eigenvalue weighted by Gasteiger charge is -2.54. The summed E-state index contributed by atoms with van der Waals surface area (Å²) >= 11 is 0. The second-order valence-corrected chi connectivity index (χ2v) is 11.6. The Morgan fingerprint density at radius 2 is 1.95 bits per heavy atom. The highest BCUT2D eigenvalue weighted by molar-refractivity contribution is 6.45. The van der Waals surface area contributed by atoms with Crippen LogP contribution in [-0.4, -0.2) is 56.1 Å². The Hall–Kier alpha value is -2.77. The van der Waals surface area contributed by atoms with Gasteiger partial charge in [0.15, 0.2) is 11.5 Å². The molecule has 0 radical (unpaired) electrons. The maximum Gasteiger partial charge on any atom is 0.273 e. The highest BCUT2D eigenvalue weighted by atomic mass is 16.5. The minimum absolute atomic E-state index is 0.0121. The van der Waals surface area contributed by atoms with Gasteiger partial charge in [0.2, 0.25) is 0 Å². The van der Waals surface area contributed by atoms with Crippen molar-refractivity contribution < 1.29 is 24.3 Å². The van der Waals surface area contributed by atoms with Gasteiger partial charge < -0.3 is 20.0 Å². The van der Waals surface area contributed by atoms with E-state index in [-0.39, 0.29) is 28.9 Å². The molecule has 2 saturated carbocycles. The number of rotatable bonds is 7. The summed E-state index contributed by atoms with van der Waals surface area (Å²) in [6, 6.07) is 7.92. The fraction of sp³-hybridized carbons (Fsp3) is 0.581. The average Bonchev–Trinajstić information content (AvgIpc) is 3.24. The van der Waals surface area contributed by atoms with Crippen molar-refractivity contribution in [1.29, 1.82) is 0 Å². The van der Waals surface area contributed by atoms with Crippen LogP contribution >= 0.6 is 0 Å². The first-order valence-corrected chi connectivity index (χ1v) is 13.9. The van der Waals surface area contributed by atoms with Crippen LogP contribution in [-0.2, 0) is 19.1 Å². The fourth-order valence-corrected chi connectivity index (χ4v) is 8.09. The third-order valence-electron chi connectivity index (χ3n) is 9.84. The number of amides is 1. The monoisotopic (exact) mass is 520 g/mol. The Labute approximate surface area is 225 Å². The Bertz CT molecular complexity index is 1180. The number of likely N-dealkylation sites (N-methyl/N-ethyl adjacent to an activating group) is 1. The molecule has 5 rings (SSSR count). The number of nitrogens with zero attached hydrogens (tertiary/aromatic N) is 1. The number of fused-ring (bicyclic) bond motifs is 4. The van der Waals surface area contributed by atoms with Crippen molar-refractivity contribution in [3.63, 3.8) is 0 Å². The van der Waals surface area contributed by atoms with Gasteiger partial charge in [-0.05, 0) is 79.1 Å². The minimum Gasteiger partial charge on any atom is -0.410 e. The van der Waals surface area contributed by atoms with E-state index in [1.165, 1.54) is 23.1 Å². The molecule has 2 fully saturated rings. The summed E-state index contributed by atoms with van der Waals surface area (Å²) in [5.41, 5.74) is 5.86. The summed E-state index contributed by atoms with van der Waals surface area (Å²) < 4.78 is 11.9. The molecule has 7 nitrogen and oxygen atoms in total. The van der Waals surface area contributed by atoms with E-state index in [0.717, 1.165) is 37.9 Å². The second-order valence-electron chi connectivity index (χ2n) is 11.6. The van der Waals surface area contributed by atoms with E-state index in [2.05, 4.69) is 29.5 Å². The molecule has 0 spiro atoms. The fourth-order valence-electron chi connectivity index (χ4n) is 8.09. The van der Waals surface area contributed by atoms with E-state index in [1.807, 2.05) is 32.2 Å². The maximum atomic E-state index is 12.4. The molecule has 4 aliphatic rings. The number of benzene rings is 1. The van der Waals surface area contributed by atoms with E-state index in [9.17, 15) is 14.8 Å².